The van der Waals surface area contributed by atoms with Gasteiger partial charge in [0.25, 0.3) is 5.91 Å². The van der Waals surface area contributed by atoms with E-state index in [0.717, 1.165) is 0 Å². The number of fused-ring (bicyclic) bond motifs is 2. The summed E-state index contributed by atoms with van der Waals surface area (Å²) < 4.78 is 9.87. The van der Waals surface area contributed by atoms with E-state index in [1.807, 2.05) is 50.3 Å². The van der Waals surface area contributed by atoms with E-state index in [2.05, 4.69) is 0 Å². The molecule has 2 fully saturated rings. The molecule has 0 radical (unpaired) electrons. The summed E-state index contributed by atoms with van der Waals surface area (Å²) in [6.07, 6.45) is 9.07. The van der Waals surface area contributed by atoms with Crippen LogP contribution in [0.15, 0.2) is 48.6 Å². The lowest BCUT2D eigenvalue weighted by Gasteiger charge is -2.39. The fraction of sp³-hybridized carbons (Fsp3) is 0.536. The molecule has 1 aromatic rings. The van der Waals surface area contributed by atoms with Crippen LogP contribution in [0.1, 0.15) is 26.7 Å². The maximum absolute atomic E-state index is 14.4. The number of amides is 2. The highest BCUT2D eigenvalue weighted by atomic mass is 32.2. The number of benzene rings is 1. The van der Waals surface area contributed by atoms with Crippen molar-refractivity contribution in [1.29, 1.82) is 0 Å². The van der Waals surface area contributed by atoms with E-state index in [0.29, 0.717) is 30.8 Å². The molecule has 4 aliphatic rings. The van der Waals surface area contributed by atoms with Gasteiger partial charge in [0.2, 0.25) is 5.91 Å². The van der Waals surface area contributed by atoms with E-state index in [9.17, 15) is 19.5 Å². The number of nitrogens with zero attached hydrogens (tertiary/aromatic N) is 2. The number of thioether (sulfide) groups is 1. The maximum Gasteiger partial charge on any atom is 0.311 e. The van der Waals surface area contributed by atoms with Crippen molar-refractivity contribution < 1.29 is 29.0 Å². The molecular formula is C28H34N2O6S. The van der Waals surface area contributed by atoms with Crippen molar-refractivity contribution in [2.24, 2.45) is 17.8 Å². The van der Waals surface area contributed by atoms with Crippen LogP contribution in [0.3, 0.4) is 0 Å². The van der Waals surface area contributed by atoms with Crippen molar-refractivity contribution >= 4 is 35.2 Å². The second kappa shape index (κ2) is 10.2. The van der Waals surface area contributed by atoms with E-state index in [-0.39, 0.29) is 42.2 Å². The first-order valence-corrected chi connectivity index (χ1v) is 13.8. The average molecular weight is 527 g/mol. The van der Waals surface area contributed by atoms with E-state index in [4.69, 9.17) is 9.47 Å². The van der Waals surface area contributed by atoms with Gasteiger partial charge in [-0.3, -0.25) is 14.4 Å². The van der Waals surface area contributed by atoms with E-state index < -0.39 is 28.7 Å². The van der Waals surface area contributed by atoms with Crippen LogP contribution >= 0.6 is 11.8 Å². The quantitative estimate of drug-likeness (QED) is 0.450. The topological polar surface area (TPSA) is 96.4 Å². The molecule has 1 aromatic carbocycles. The number of methoxy groups -OCH3 is 1. The fourth-order valence-electron chi connectivity index (χ4n) is 6.25. The first-order valence-electron chi connectivity index (χ1n) is 12.9. The second-order valence-corrected chi connectivity index (χ2v) is 12.0. The smallest absolute Gasteiger partial charge is 0.311 e. The second-order valence-electron chi connectivity index (χ2n) is 10.5. The van der Waals surface area contributed by atoms with Gasteiger partial charge < -0.3 is 24.4 Å². The Morgan fingerprint density at radius 2 is 1.92 bits per heavy atom. The van der Waals surface area contributed by atoms with Crippen LogP contribution in [0, 0.1) is 17.8 Å². The van der Waals surface area contributed by atoms with Gasteiger partial charge in [-0.05, 0) is 43.0 Å². The van der Waals surface area contributed by atoms with Crippen LogP contribution < -0.4 is 9.64 Å². The zero-order valence-electron chi connectivity index (χ0n) is 21.4. The predicted octanol–water partition coefficient (Wildman–Crippen LogP) is 2.81. The lowest BCUT2D eigenvalue weighted by atomic mass is 9.78. The Morgan fingerprint density at radius 3 is 2.59 bits per heavy atom. The summed E-state index contributed by atoms with van der Waals surface area (Å²) in [4.78, 5) is 45.2. The van der Waals surface area contributed by atoms with Crippen LogP contribution in [0.4, 0.5) is 5.69 Å². The molecular weight excluding hydrogens is 492 g/mol. The molecule has 9 heteroatoms. The third kappa shape index (κ3) is 4.26. The first-order chi connectivity index (χ1) is 17.8. The number of aliphatic hydroxyl groups excluding tert-OH is 1. The van der Waals surface area contributed by atoms with Gasteiger partial charge in [0.1, 0.15) is 11.8 Å². The number of likely N-dealkylation sites (tertiary alicyclic amines) is 1. The number of carbonyl (C=O) groups is 3. The summed E-state index contributed by atoms with van der Waals surface area (Å²) in [6.45, 7) is 4.41. The highest BCUT2D eigenvalue weighted by Crippen LogP contribution is 2.61. The lowest BCUT2D eigenvalue weighted by molar-refractivity contribution is -0.153. The highest BCUT2D eigenvalue weighted by molar-refractivity contribution is 8.02. The highest BCUT2D eigenvalue weighted by Gasteiger charge is 2.71. The number of rotatable bonds is 6. The molecule has 5 rings (SSSR count). The Morgan fingerprint density at radius 1 is 1.16 bits per heavy atom. The normalized spacial score (nSPS) is 31.9. The Balaban J connectivity index is 1.63. The minimum atomic E-state index is -0.942. The van der Waals surface area contributed by atoms with Crippen LogP contribution in [-0.2, 0) is 19.1 Å². The summed E-state index contributed by atoms with van der Waals surface area (Å²) in [7, 11) is 1.59. The molecule has 4 aliphatic heterocycles. The van der Waals surface area contributed by atoms with Crippen molar-refractivity contribution in [3.63, 3.8) is 0 Å². The molecule has 2 saturated heterocycles. The number of carbonyl (C=O) groups excluding carboxylic acids is 3. The monoisotopic (exact) mass is 526 g/mol. The zero-order valence-corrected chi connectivity index (χ0v) is 22.2. The molecule has 4 heterocycles. The van der Waals surface area contributed by atoms with Gasteiger partial charge in [-0.25, -0.2) is 0 Å². The van der Waals surface area contributed by atoms with E-state index in [1.165, 1.54) is 11.8 Å². The molecule has 0 bridgehead atoms. The molecule has 2 amide bonds. The van der Waals surface area contributed by atoms with Crippen LogP contribution in [-0.4, -0.2) is 76.7 Å². The summed E-state index contributed by atoms with van der Waals surface area (Å²) >= 11 is 1.51. The van der Waals surface area contributed by atoms with Gasteiger partial charge in [-0.15, -0.1) is 11.8 Å². The minimum Gasteiger partial charge on any atom is -0.497 e. The number of anilines is 1. The number of cyclic esters (lactones) is 1. The first kappa shape index (κ1) is 25.9. The fourth-order valence-corrected chi connectivity index (χ4v) is 8.24. The SMILES string of the molecule is COc1ccc(N2CC=C[C@]34S[C@H]5C=CCCOC(=O)[C@H]5[C@H]3C(=O)N([C@@H](CO)CC(C)C)C4C2=O)cc1. The standard InChI is InChI=1S/C28H34N2O6S/c1-17(2)15-19(16-31)30-24-26(33)29(18-8-10-20(35-3)11-9-18)13-6-12-28(24)23(25(30)32)22-21(37-28)7-4-5-14-36-27(22)34/h4,6-12,17,19,21-24,31H,5,13-16H2,1-3H3/t19-,21+,22-,23+,24?,28+/m1/s1. The van der Waals surface area contributed by atoms with Crippen molar-refractivity contribution in [3.8, 4) is 5.75 Å². The molecule has 0 saturated carbocycles. The molecule has 198 valence electrons. The summed E-state index contributed by atoms with van der Waals surface area (Å²) in [5.41, 5.74) is 0.695. The molecule has 0 aromatic heterocycles. The molecule has 37 heavy (non-hydrogen) atoms. The van der Waals surface area contributed by atoms with E-state index >= 15 is 0 Å². The zero-order chi connectivity index (χ0) is 26.3. The Hall–Kier alpha value is -2.78. The van der Waals surface area contributed by atoms with Gasteiger partial charge in [0, 0.05) is 17.5 Å². The van der Waals surface area contributed by atoms with Gasteiger partial charge in [0.05, 0.1) is 42.9 Å². The molecule has 1 unspecified atom stereocenters. The van der Waals surface area contributed by atoms with E-state index in [1.54, 1.807) is 29.0 Å². The Labute approximate surface area is 221 Å². The summed E-state index contributed by atoms with van der Waals surface area (Å²) in [5.74, 6) is -1.42. The largest absolute Gasteiger partial charge is 0.497 e. The molecule has 0 aliphatic carbocycles. The van der Waals surface area contributed by atoms with Gasteiger partial charge in [-0.2, -0.15) is 0 Å². The summed E-state index contributed by atoms with van der Waals surface area (Å²) in [6, 6.07) is 5.86. The Bertz CT molecular complexity index is 1120. The lowest BCUT2D eigenvalue weighted by Crippen LogP contribution is -2.57. The molecule has 1 spiro atoms. The van der Waals surface area contributed by atoms with Crippen molar-refractivity contribution in [2.45, 2.75) is 48.8 Å². The third-order valence-corrected chi connectivity index (χ3v) is 9.53. The number of hydrogen-bond acceptors (Lipinski definition) is 7. The molecule has 6 atom stereocenters. The van der Waals surface area contributed by atoms with Crippen LogP contribution in [0.25, 0.3) is 0 Å². The van der Waals surface area contributed by atoms with Crippen molar-refractivity contribution in [1.82, 2.24) is 4.90 Å². The van der Waals surface area contributed by atoms with Crippen molar-refractivity contribution in [3.05, 3.63) is 48.6 Å². The maximum atomic E-state index is 14.4. The Kier molecular flexibility index (Phi) is 7.11. The average Bonchev–Trinajstić information content (AvgIpc) is 3.26. The molecule has 8 nitrogen and oxygen atoms in total. The number of aliphatic hydroxyl groups is 1. The molecule has 1 N–H and O–H groups in total. The van der Waals surface area contributed by atoms with Gasteiger partial charge in [-0.1, -0.05) is 38.2 Å². The minimum absolute atomic E-state index is 0.199. The van der Waals surface area contributed by atoms with Crippen molar-refractivity contribution in [2.75, 3.05) is 31.8 Å². The number of ether oxygens (including phenoxy) is 2. The van der Waals surface area contributed by atoms with Gasteiger partial charge >= 0.3 is 5.97 Å². The summed E-state index contributed by atoms with van der Waals surface area (Å²) in [5, 5.41) is 10.1. The predicted molar refractivity (Wildman–Crippen MR) is 141 cm³/mol. The van der Waals surface area contributed by atoms with Crippen LogP contribution in [0.2, 0.25) is 0 Å². The number of hydrogen-bond donors (Lipinski definition) is 1. The number of esters is 1. The van der Waals surface area contributed by atoms with Gasteiger partial charge in [0.15, 0.2) is 0 Å². The van der Waals surface area contributed by atoms with Crippen LogP contribution in [0.5, 0.6) is 5.75 Å². The third-order valence-electron chi connectivity index (χ3n) is 7.79.